The average molecular weight is 346 g/mol. The number of carbonyl (C=O) groups excluding carboxylic acids is 2. The molecule has 126 valence electrons. The second kappa shape index (κ2) is 8.50. The Balaban J connectivity index is 1.87. The van der Waals surface area contributed by atoms with Crippen LogP contribution >= 0.6 is 11.6 Å². The number of rotatable bonds is 6. The van der Waals surface area contributed by atoms with E-state index in [-0.39, 0.29) is 12.2 Å². The molecular formula is C19H20ClNO3. The van der Waals surface area contributed by atoms with Crippen molar-refractivity contribution < 1.29 is 14.3 Å². The van der Waals surface area contributed by atoms with Gasteiger partial charge in [0.25, 0.3) is 5.91 Å². The summed E-state index contributed by atoms with van der Waals surface area (Å²) in [5.74, 6) is -0.541. The highest BCUT2D eigenvalue weighted by molar-refractivity contribution is 6.33. The molecule has 0 aromatic heterocycles. The zero-order chi connectivity index (χ0) is 17.5. The summed E-state index contributed by atoms with van der Waals surface area (Å²) in [7, 11) is 0. The molecule has 0 bridgehead atoms. The Bertz CT molecular complexity index is 713. The zero-order valence-corrected chi connectivity index (χ0v) is 14.5. The van der Waals surface area contributed by atoms with Gasteiger partial charge in [0.2, 0.25) is 0 Å². The number of hydrogen-bond donors (Lipinski definition) is 1. The molecule has 0 fully saturated rings. The highest BCUT2D eigenvalue weighted by Crippen LogP contribution is 2.20. The number of hydrogen-bond acceptors (Lipinski definition) is 3. The van der Waals surface area contributed by atoms with E-state index in [0.717, 1.165) is 6.42 Å². The molecule has 2 aromatic rings. The molecule has 0 heterocycles. The van der Waals surface area contributed by atoms with Crippen LogP contribution in [0.3, 0.4) is 0 Å². The van der Waals surface area contributed by atoms with Gasteiger partial charge < -0.3 is 10.1 Å². The van der Waals surface area contributed by atoms with E-state index in [1.165, 1.54) is 5.56 Å². The van der Waals surface area contributed by atoms with Gasteiger partial charge in [0.05, 0.1) is 10.6 Å². The van der Waals surface area contributed by atoms with Gasteiger partial charge in [0.15, 0.2) is 6.61 Å². The first-order valence-corrected chi connectivity index (χ1v) is 8.20. The van der Waals surface area contributed by atoms with Crippen LogP contribution in [0.5, 0.6) is 0 Å². The van der Waals surface area contributed by atoms with Gasteiger partial charge in [-0.05, 0) is 42.2 Å². The third-order valence-electron chi connectivity index (χ3n) is 3.80. The van der Waals surface area contributed by atoms with Gasteiger partial charge in [-0.2, -0.15) is 0 Å². The molecule has 1 amide bonds. The number of esters is 1. The Hall–Kier alpha value is -2.33. The molecule has 0 aliphatic rings. The molecule has 0 saturated carbocycles. The number of ether oxygens (including phenoxy) is 1. The van der Waals surface area contributed by atoms with Crippen molar-refractivity contribution in [3.8, 4) is 0 Å². The van der Waals surface area contributed by atoms with Gasteiger partial charge in [0.1, 0.15) is 0 Å². The summed E-state index contributed by atoms with van der Waals surface area (Å²) in [4.78, 5) is 23.8. The molecular weight excluding hydrogens is 326 g/mol. The molecule has 0 unspecified atom stereocenters. The summed E-state index contributed by atoms with van der Waals surface area (Å²) >= 11 is 5.92. The lowest BCUT2D eigenvalue weighted by atomic mass is 9.99. The van der Waals surface area contributed by atoms with E-state index >= 15 is 0 Å². The Labute approximate surface area is 146 Å². The van der Waals surface area contributed by atoms with Gasteiger partial charge in [0, 0.05) is 5.69 Å². The van der Waals surface area contributed by atoms with Crippen LogP contribution in [-0.2, 0) is 9.53 Å². The molecule has 5 heteroatoms. The third kappa shape index (κ3) is 4.83. The molecule has 4 nitrogen and oxygen atoms in total. The molecule has 0 spiro atoms. The highest BCUT2D eigenvalue weighted by atomic mass is 35.5. The molecule has 0 saturated heterocycles. The van der Waals surface area contributed by atoms with E-state index in [4.69, 9.17) is 16.3 Å². The minimum Gasteiger partial charge on any atom is -0.452 e. The lowest BCUT2D eigenvalue weighted by Gasteiger charge is -2.11. The Morgan fingerprint density at radius 3 is 2.42 bits per heavy atom. The van der Waals surface area contributed by atoms with E-state index < -0.39 is 11.9 Å². The fourth-order valence-electron chi connectivity index (χ4n) is 2.16. The van der Waals surface area contributed by atoms with Crippen molar-refractivity contribution in [3.63, 3.8) is 0 Å². The van der Waals surface area contributed by atoms with E-state index in [9.17, 15) is 9.59 Å². The van der Waals surface area contributed by atoms with Crippen LogP contribution in [-0.4, -0.2) is 18.5 Å². The van der Waals surface area contributed by atoms with E-state index in [1.807, 2.05) is 24.3 Å². The highest BCUT2D eigenvalue weighted by Gasteiger charge is 2.13. The summed E-state index contributed by atoms with van der Waals surface area (Å²) in [6.45, 7) is 3.92. The third-order valence-corrected chi connectivity index (χ3v) is 4.13. The number of halogens is 1. The minimum absolute atomic E-state index is 0.241. The van der Waals surface area contributed by atoms with Crippen LogP contribution in [0.4, 0.5) is 5.69 Å². The van der Waals surface area contributed by atoms with Gasteiger partial charge in [-0.3, -0.25) is 4.79 Å². The van der Waals surface area contributed by atoms with Crippen LogP contribution in [0, 0.1) is 0 Å². The van der Waals surface area contributed by atoms with Gasteiger partial charge in [-0.15, -0.1) is 0 Å². The monoisotopic (exact) mass is 345 g/mol. The summed E-state index contributed by atoms with van der Waals surface area (Å²) in [5, 5.41) is 2.99. The van der Waals surface area contributed by atoms with Crippen molar-refractivity contribution in [2.45, 2.75) is 26.2 Å². The van der Waals surface area contributed by atoms with E-state index in [2.05, 4.69) is 19.2 Å². The average Bonchev–Trinajstić information content (AvgIpc) is 2.60. The van der Waals surface area contributed by atoms with Gasteiger partial charge in [-0.25, -0.2) is 4.79 Å². The first-order valence-electron chi connectivity index (χ1n) is 7.82. The van der Waals surface area contributed by atoms with Crippen molar-refractivity contribution in [1.82, 2.24) is 0 Å². The molecule has 2 rings (SSSR count). The van der Waals surface area contributed by atoms with Crippen molar-refractivity contribution in [3.05, 3.63) is 64.7 Å². The maximum atomic E-state index is 11.9. The van der Waals surface area contributed by atoms with Crippen LogP contribution in [0.25, 0.3) is 0 Å². The molecule has 24 heavy (non-hydrogen) atoms. The van der Waals surface area contributed by atoms with Crippen LogP contribution in [0.1, 0.15) is 42.1 Å². The fourth-order valence-corrected chi connectivity index (χ4v) is 2.38. The maximum Gasteiger partial charge on any atom is 0.340 e. The van der Waals surface area contributed by atoms with E-state index in [0.29, 0.717) is 16.6 Å². The predicted octanol–water partition coefficient (Wildman–Crippen LogP) is 4.65. The Morgan fingerprint density at radius 2 is 1.79 bits per heavy atom. The van der Waals surface area contributed by atoms with Crippen molar-refractivity contribution in [1.29, 1.82) is 0 Å². The predicted molar refractivity (Wildman–Crippen MR) is 95.5 cm³/mol. The molecule has 0 radical (unpaired) electrons. The van der Waals surface area contributed by atoms with Gasteiger partial charge >= 0.3 is 5.97 Å². The van der Waals surface area contributed by atoms with Gasteiger partial charge in [-0.1, -0.05) is 49.7 Å². The summed E-state index contributed by atoms with van der Waals surface area (Å²) in [6, 6.07) is 14.2. The SMILES string of the molecule is CC[C@@H](C)c1ccc(NC(=O)COC(=O)c2ccccc2Cl)cc1. The van der Waals surface area contributed by atoms with Crippen LogP contribution < -0.4 is 5.32 Å². The Kier molecular flexibility index (Phi) is 6.38. The van der Waals surface area contributed by atoms with E-state index in [1.54, 1.807) is 24.3 Å². The normalized spacial score (nSPS) is 11.6. The van der Waals surface area contributed by atoms with Crippen molar-refractivity contribution >= 4 is 29.2 Å². The molecule has 1 atom stereocenters. The maximum absolute atomic E-state index is 11.9. The lowest BCUT2D eigenvalue weighted by Crippen LogP contribution is -2.21. The molecule has 0 aliphatic carbocycles. The summed E-state index contributed by atoms with van der Waals surface area (Å²) < 4.78 is 4.99. The smallest absolute Gasteiger partial charge is 0.340 e. The molecule has 0 aliphatic heterocycles. The number of nitrogens with one attached hydrogen (secondary N) is 1. The first-order chi connectivity index (χ1) is 11.5. The van der Waals surface area contributed by atoms with Crippen LogP contribution in [0.15, 0.2) is 48.5 Å². The minimum atomic E-state index is -0.622. The lowest BCUT2D eigenvalue weighted by molar-refractivity contribution is -0.119. The first kappa shape index (κ1) is 18.0. The molecule has 2 aromatic carbocycles. The topological polar surface area (TPSA) is 55.4 Å². The largest absolute Gasteiger partial charge is 0.452 e. The van der Waals surface area contributed by atoms with Crippen molar-refractivity contribution in [2.75, 3.05) is 11.9 Å². The summed E-state index contributed by atoms with van der Waals surface area (Å²) in [5.41, 5.74) is 2.13. The second-order valence-electron chi connectivity index (χ2n) is 5.54. The fraction of sp³-hybridized carbons (Fsp3) is 0.263. The van der Waals surface area contributed by atoms with Crippen molar-refractivity contribution in [2.24, 2.45) is 0 Å². The quantitative estimate of drug-likeness (QED) is 0.775. The number of anilines is 1. The van der Waals surface area contributed by atoms with Crippen LogP contribution in [0.2, 0.25) is 5.02 Å². The number of amides is 1. The number of benzene rings is 2. The molecule has 1 N–H and O–H groups in total. The summed E-state index contributed by atoms with van der Waals surface area (Å²) in [6.07, 6.45) is 1.06. The Morgan fingerprint density at radius 1 is 1.12 bits per heavy atom. The second-order valence-corrected chi connectivity index (χ2v) is 5.94. The standard InChI is InChI=1S/C19H20ClNO3/c1-3-13(2)14-8-10-15(11-9-14)21-18(22)12-24-19(23)16-6-4-5-7-17(16)20/h4-11,13H,3,12H2,1-2H3,(H,21,22)/t13-/m1/s1. The number of carbonyl (C=O) groups is 2. The zero-order valence-electron chi connectivity index (χ0n) is 13.7.